The van der Waals surface area contributed by atoms with E-state index >= 15 is 0 Å². The van der Waals surface area contributed by atoms with Crippen molar-refractivity contribution in [1.82, 2.24) is 5.32 Å². The van der Waals surface area contributed by atoms with Crippen LogP contribution in [0, 0.1) is 0 Å². The Hall–Kier alpha value is -2.93. The maximum Gasteiger partial charge on any atom is 0.337 e. The number of nitrogens with one attached hydrogen (secondary N) is 1. The van der Waals surface area contributed by atoms with Gasteiger partial charge in [-0.05, 0) is 50.3 Å². The van der Waals surface area contributed by atoms with Gasteiger partial charge in [-0.15, -0.1) is 0 Å². The average Bonchev–Trinajstić information content (AvgIpc) is 3.30. The minimum Gasteiger partial charge on any atom is -0.465 e. The van der Waals surface area contributed by atoms with Crippen molar-refractivity contribution in [2.24, 2.45) is 0 Å². The first-order valence-corrected chi connectivity index (χ1v) is 10.7. The van der Waals surface area contributed by atoms with E-state index in [1.54, 1.807) is 24.3 Å². The van der Waals surface area contributed by atoms with Crippen molar-refractivity contribution in [3.8, 4) is 0 Å². The van der Waals surface area contributed by atoms with Crippen LogP contribution in [0.15, 0.2) is 46.8 Å². The van der Waals surface area contributed by atoms with E-state index in [2.05, 4.69) is 5.32 Å². The summed E-state index contributed by atoms with van der Waals surface area (Å²) < 4.78 is 15.9. The van der Waals surface area contributed by atoms with Crippen LogP contribution in [0.25, 0.3) is 0 Å². The molecule has 1 saturated heterocycles. The summed E-state index contributed by atoms with van der Waals surface area (Å²) in [6, 6.07) is 6.85. The molecule has 4 rings (SSSR count). The number of ether oxygens (including phenoxy) is 3. The molecule has 0 bridgehead atoms. The highest BCUT2D eigenvalue weighted by molar-refractivity contribution is 6.03. The predicted octanol–water partition coefficient (Wildman–Crippen LogP) is 3.16. The van der Waals surface area contributed by atoms with Crippen LogP contribution in [0.4, 0.5) is 0 Å². The smallest absolute Gasteiger partial charge is 0.337 e. The molecule has 164 valence electrons. The third kappa shape index (κ3) is 4.28. The molecule has 0 saturated carbocycles. The van der Waals surface area contributed by atoms with Gasteiger partial charge in [0.15, 0.2) is 5.78 Å². The van der Waals surface area contributed by atoms with E-state index in [1.807, 2.05) is 6.92 Å². The van der Waals surface area contributed by atoms with Gasteiger partial charge in [0.1, 0.15) is 6.61 Å². The van der Waals surface area contributed by atoms with Gasteiger partial charge in [0.25, 0.3) is 0 Å². The quantitative estimate of drug-likeness (QED) is 0.725. The van der Waals surface area contributed by atoms with Crippen LogP contribution in [0.1, 0.15) is 60.9 Å². The monoisotopic (exact) mass is 425 g/mol. The fourth-order valence-electron chi connectivity index (χ4n) is 4.54. The van der Waals surface area contributed by atoms with Gasteiger partial charge < -0.3 is 19.5 Å². The van der Waals surface area contributed by atoms with Crippen LogP contribution in [0.2, 0.25) is 0 Å². The number of esters is 2. The van der Waals surface area contributed by atoms with E-state index in [0.717, 1.165) is 36.9 Å². The summed E-state index contributed by atoms with van der Waals surface area (Å²) in [5.74, 6) is -1.39. The van der Waals surface area contributed by atoms with E-state index in [4.69, 9.17) is 14.2 Å². The normalized spacial score (nSPS) is 23.4. The van der Waals surface area contributed by atoms with Gasteiger partial charge in [0.05, 0.1) is 24.4 Å². The standard InChI is InChI=1S/C24H27NO6/c1-14-20(24(28)31-13-17-5-4-12-30-17)21(22-18(25-14)6-3-7-19(22)26)15-8-10-16(11-9-15)23(27)29-2/h8-11,17,21,25H,3-7,12-13H2,1-2H3/t17-,21-/m0/s1. The second-order valence-corrected chi connectivity index (χ2v) is 8.11. The highest BCUT2D eigenvalue weighted by Gasteiger charge is 2.39. The number of hydrogen-bond donors (Lipinski definition) is 1. The van der Waals surface area contributed by atoms with E-state index in [1.165, 1.54) is 7.11 Å². The lowest BCUT2D eigenvalue weighted by atomic mass is 9.75. The Bertz CT molecular complexity index is 953. The molecule has 0 amide bonds. The number of benzene rings is 1. The van der Waals surface area contributed by atoms with E-state index < -0.39 is 17.9 Å². The highest BCUT2D eigenvalue weighted by atomic mass is 16.6. The first kappa shape index (κ1) is 21.3. The molecule has 1 aromatic rings. The summed E-state index contributed by atoms with van der Waals surface area (Å²) in [5.41, 5.74) is 3.77. The molecule has 1 aromatic carbocycles. The van der Waals surface area contributed by atoms with Gasteiger partial charge in [0, 0.05) is 35.9 Å². The molecule has 2 aliphatic heterocycles. The second kappa shape index (κ2) is 9.06. The summed E-state index contributed by atoms with van der Waals surface area (Å²) in [7, 11) is 1.33. The first-order chi connectivity index (χ1) is 15.0. The van der Waals surface area contributed by atoms with Gasteiger partial charge in [-0.25, -0.2) is 9.59 Å². The number of carbonyl (C=O) groups is 3. The summed E-state index contributed by atoms with van der Waals surface area (Å²) in [6.07, 6.45) is 3.75. The molecule has 1 N–H and O–H groups in total. The van der Waals surface area contributed by atoms with Gasteiger partial charge >= 0.3 is 11.9 Å². The molecule has 7 nitrogen and oxygen atoms in total. The minimum absolute atomic E-state index is 0.0349. The van der Waals surface area contributed by atoms with Gasteiger partial charge in [-0.3, -0.25) is 4.79 Å². The van der Waals surface area contributed by atoms with Gasteiger partial charge in [-0.1, -0.05) is 12.1 Å². The summed E-state index contributed by atoms with van der Waals surface area (Å²) in [5, 5.41) is 3.28. The maximum absolute atomic E-state index is 13.2. The zero-order valence-corrected chi connectivity index (χ0v) is 17.9. The van der Waals surface area contributed by atoms with Crippen molar-refractivity contribution in [2.45, 2.75) is 51.0 Å². The average molecular weight is 425 g/mol. The van der Waals surface area contributed by atoms with E-state index in [-0.39, 0.29) is 18.5 Å². The van der Waals surface area contributed by atoms with Crippen molar-refractivity contribution in [1.29, 1.82) is 0 Å². The Morgan fingerprint density at radius 2 is 1.90 bits per heavy atom. The third-order valence-electron chi connectivity index (χ3n) is 6.09. The lowest BCUT2D eigenvalue weighted by Gasteiger charge is -2.34. The SMILES string of the molecule is COC(=O)c1ccc([C@H]2C(C(=O)OC[C@@H]3CCCO3)=C(C)NC3=C2C(=O)CCC3)cc1. The van der Waals surface area contributed by atoms with Crippen molar-refractivity contribution >= 4 is 17.7 Å². The molecule has 1 fully saturated rings. The van der Waals surface area contributed by atoms with Crippen LogP contribution >= 0.6 is 0 Å². The predicted molar refractivity (Wildman–Crippen MR) is 112 cm³/mol. The Balaban J connectivity index is 1.68. The van der Waals surface area contributed by atoms with Crippen LogP contribution < -0.4 is 5.32 Å². The number of ketones is 1. The Morgan fingerprint density at radius 1 is 1.13 bits per heavy atom. The fraction of sp³-hybridized carbons (Fsp3) is 0.458. The molecule has 1 aliphatic carbocycles. The lowest BCUT2D eigenvalue weighted by Crippen LogP contribution is -2.35. The van der Waals surface area contributed by atoms with E-state index in [9.17, 15) is 14.4 Å². The zero-order chi connectivity index (χ0) is 22.0. The Morgan fingerprint density at radius 3 is 2.58 bits per heavy atom. The van der Waals surface area contributed by atoms with Gasteiger partial charge in [-0.2, -0.15) is 0 Å². The minimum atomic E-state index is -0.534. The second-order valence-electron chi connectivity index (χ2n) is 8.11. The maximum atomic E-state index is 13.2. The van der Waals surface area contributed by atoms with Crippen LogP contribution in [0.3, 0.4) is 0 Å². The number of hydrogen-bond acceptors (Lipinski definition) is 7. The summed E-state index contributed by atoms with van der Waals surface area (Å²) in [4.78, 5) is 37.9. The number of carbonyl (C=O) groups excluding carboxylic acids is 3. The molecular formula is C24H27NO6. The van der Waals surface area contributed by atoms with Crippen molar-refractivity contribution in [2.75, 3.05) is 20.3 Å². The third-order valence-corrected chi connectivity index (χ3v) is 6.09. The summed E-state index contributed by atoms with van der Waals surface area (Å²) in [6.45, 7) is 2.72. The van der Waals surface area contributed by atoms with Crippen molar-refractivity contribution in [3.05, 3.63) is 57.9 Å². The van der Waals surface area contributed by atoms with E-state index in [0.29, 0.717) is 35.4 Å². The zero-order valence-electron chi connectivity index (χ0n) is 17.9. The molecule has 0 spiro atoms. The molecular weight excluding hydrogens is 398 g/mol. The van der Waals surface area contributed by atoms with Crippen molar-refractivity contribution in [3.63, 3.8) is 0 Å². The summed E-state index contributed by atoms with van der Waals surface area (Å²) >= 11 is 0. The number of Topliss-reactive ketones (excluding diaryl/α,β-unsaturated/α-hetero) is 1. The molecule has 2 atom stereocenters. The lowest BCUT2D eigenvalue weighted by molar-refractivity contribution is -0.142. The Kier molecular flexibility index (Phi) is 6.23. The number of rotatable bonds is 5. The fourth-order valence-corrected chi connectivity index (χ4v) is 4.54. The number of dihydropyridines is 1. The molecule has 3 aliphatic rings. The number of allylic oxidation sites excluding steroid dienone is 3. The molecule has 0 unspecified atom stereocenters. The molecule has 2 heterocycles. The number of methoxy groups -OCH3 is 1. The van der Waals surface area contributed by atoms with Crippen LogP contribution in [-0.4, -0.2) is 44.1 Å². The molecule has 31 heavy (non-hydrogen) atoms. The molecule has 7 heteroatoms. The highest BCUT2D eigenvalue weighted by Crippen LogP contribution is 2.42. The molecule has 0 aromatic heterocycles. The van der Waals surface area contributed by atoms with Crippen molar-refractivity contribution < 1.29 is 28.6 Å². The molecule has 0 radical (unpaired) electrons. The van der Waals surface area contributed by atoms with Crippen LogP contribution in [0.5, 0.6) is 0 Å². The Labute approximate surface area is 181 Å². The first-order valence-electron chi connectivity index (χ1n) is 10.7. The topological polar surface area (TPSA) is 90.9 Å². The van der Waals surface area contributed by atoms with Gasteiger partial charge in [0.2, 0.25) is 0 Å². The largest absolute Gasteiger partial charge is 0.465 e. The van der Waals surface area contributed by atoms with Crippen LogP contribution in [-0.2, 0) is 23.8 Å².